The molecule has 0 aliphatic carbocycles. The Balaban J connectivity index is 2.16. The number of hydrogen-bond acceptors (Lipinski definition) is 4. The molecule has 4 heteroatoms. The number of nitrogens with zero attached hydrogens (tertiary/aromatic N) is 2. The van der Waals surface area contributed by atoms with Gasteiger partial charge >= 0.3 is 0 Å². The van der Waals surface area contributed by atoms with Crippen LogP contribution in [0.5, 0.6) is 0 Å². The van der Waals surface area contributed by atoms with Crippen molar-refractivity contribution in [3.63, 3.8) is 0 Å². The molecule has 0 spiro atoms. The van der Waals surface area contributed by atoms with E-state index >= 15 is 0 Å². The highest BCUT2D eigenvalue weighted by atomic mass is 32.2. The Kier molecular flexibility index (Phi) is 4.48. The lowest BCUT2D eigenvalue weighted by atomic mass is 10.2. The first-order valence-electron chi connectivity index (χ1n) is 5.82. The van der Waals surface area contributed by atoms with Gasteiger partial charge < -0.3 is 10.2 Å². The number of anilines is 1. The first-order chi connectivity index (χ1) is 7.92. The summed E-state index contributed by atoms with van der Waals surface area (Å²) in [7, 11) is 1.99. The number of hydrogen-bond donors (Lipinski definition) is 1. The molecule has 16 heavy (non-hydrogen) atoms. The quantitative estimate of drug-likeness (QED) is 0.867. The molecule has 1 saturated heterocycles. The summed E-state index contributed by atoms with van der Waals surface area (Å²) in [5.41, 5.74) is 2.66. The summed E-state index contributed by atoms with van der Waals surface area (Å²) in [6, 6.07) is 2.11. The van der Waals surface area contributed by atoms with Gasteiger partial charge in [-0.25, -0.2) is 0 Å². The summed E-state index contributed by atoms with van der Waals surface area (Å²) >= 11 is 2.06. The number of thioether (sulfide) groups is 1. The monoisotopic (exact) mass is 237 g/mol. The average Bonchev–Trinajstić information content (AvgIpc) is 2.59. The first-order valence-corrected chi connectivity index (χ1v) is 6.97. The lowest BCUT2D eigenvalue weighted by molar-refractivity contribution is 0.777. The fourth-order valence-electron chi connectivity index (χ4n) is 2.03. The number of rotatable bonds is 3. The van der Waals surface area contributed by atoms with E-state index in [4.69, 9.17) is 0 Å². The van der Waals surface area contributed by atoms with E-state index in [0.29, 0.717) is 0 Å². The molecule has 1 aliphatic heterocycles. The maximum Gasteiger partial charge on any atom is 0.0598 e. The maximum absolute atomic E-state index is 4.26. The van der Waals surface area contributed by atoms with E-state index in [1.54, 1.807) is 0 Å². The number of pyridine rings is 1. The molecule has 0 radical (unpaired) electrons. The molecule has 0 atom stereocenters. The van der Waals surface area contributed by atoms with Crippen LogP contribution in [0.1, 0.15) is 12.0 Å². The van der Waals surface area contributed by atoms with E-state index in [1.807, 2.05) is 19.4 Å². The molecule has 1 aliphatic rings. The van der Waals surface area contributed by atoms with E-state index in [0.717, 1.165) is 19.6 Å². The van der Waals surface area contributed by atoms with Gasteiger partial charge in [0.2, 0.25) is 0 Å². The standard InChI is InChI=1S/C12H19N3S/c1-13-9-11-3-4-14-10-12(11)15-5-2-7-16-8-6-15/h3-4,10,13H,2,5-9H2,1H3. The van der Waals surface area contributed by atoms with Crippen LogP contribution < -0.4 is 10.2 Å². The van der Waals surface area contributed by atoms with Crippen LogP contribution in [0, 0.1) is 0 Å². The molecule has 2 heterocycles. The Labute approximate surface area is 102 Å². The molecule has 1 aromatic rings. The van der Waals surface area contributed by atoms with Crippen molar-refractivity contribution in [3.05, 3.63) is 24.0 Å². The molecule has 2 rings (SSSR count). The van der Waals surface area contributed by atoms with E-state index in [-0.39, 0.29) is 0 Å². The summed E-state index contributed by atoms with van der Waals surface area (Å²) in [4.78, 5) is 6.73. The van der Waals surface area contributed by atoms with Crippen molar-refractivity contribution in [2.75, 3.05) is 36.5 Å². The van der Waals surface area contributed by atoms with Crippen molar-refractivity contribution in [3.8, 4) is 0 Å². The van der Waals surface area contributed by atoms with Gasteiger partial charge in [0.15, 0.2) is 0 Å². The second kappa shape index (κ2) is 6.11. The van der Waals surface area contributed by atoms with Gasteiger partial charge in [0.05, 0.1) is 11.9 Å². The van der Waals surface area contributed by atoms with Crippen LogP contribution in [0.4, 0.5) is 5.69 Å². The van der Waals surface area contributed by atoms with Crippen LogP contribution in [0.15, 0.2) is 18.5 Å². The Morgan fingerprint density at radius 1 is 1.44 bits per heavy atom. The molecule has 1 N–H and O–H groups in total. The van der Waals surface area contributed by atoms with Gasteiger partial charge in [0, 0.05) is 31.6 Å². The van der Waals surface area contributed by atoms with Crippen LogP contribution in [0.2, 0.25) is 0 Å². The van der Waals surface area contributed by atoms with Crippen molar-refractivity contribution in [1.82, 2.24) is 10.3 Å². The van der Waals surface area contributed by atoms with E-state index < -0.39 is 0 Å². The third-order valence-electron chi connectivity index (χ3n) is 2.82. The van der Waals surface area contributed by atoms with Crippen LogP contribution in [-0.2, 0) is 6.54 Å². The van der Waals surface area contributed by atoms with Gasteiger partial charge in [-0.05, 0) is 30.9 Å². The fraction of sp³-hybridized carbons (Fsp3) is 0.583. The molecule has 1 fully saturated rings. The third kappa shape index (κ3) is 2.89. The van der Waals surface area contributed by atoms with Crippen LogP contribution in [0.25, 0.3) is 0 Å². The zero-order chi connectivity index (χ0) is 11.2. The van der Waals surface area contributed by atoms with Gasteiger partial charge in [-0.3, -0.25) is 4.98 Å². The van der Waals surface area contributed by atoms with Gasteiger partial charge in [-0.15, -0.1) is 0 Å². The van der Waals surface area contributed by atoms with Crippen molar-refractivity contribution in [1.29, 1.82) is 0 Å². The van der Waals surface area contributed by atoms with Crippen LogP contribution >= 0.6 is 11.8 Å². The highest BCUT2D eigenvalue weighted by Gasteiger charge is 2.13. The molecule has 88 valence electrons. The minimum Gasteiger partial charge on any atom is -0.369 e. The number of aromatic nitrogens is 1. The minimum absolute atomic E-state index is 0.918. The summed E-state index contributed by atoms with van der Waals surface area (Å²) in [6.07, 6.45) is 5.16. The Hall–Kier alpha value is -0.740. The predicted octanol–water partition coefficient (Wildman–Crippen LogP) is 1.74. The summed E-state index contributed by atoms with van der Waals surface area (Å²) in [5, 5.41) is 3.22. The molecule has 0 bridgehead atoms. The Bertz CT molecular complexity index is 322. The van der Waals surface area contributed by atoms with Crippen LogP contribution in [0.3, 0.4) is 0 Å². The molecular weight excluding hydrogens is 218 g/mol. The van der Waals surface area contributed by atoms with Crippen molar-refractivity contribution in [2.24, 2.45) is 0 Å². The van der Waals surface area contributed by atoms with Gasteiger partial charge in [-0.1, -0.05) is 0 Å². The Morgan fingerprint density at radius 3 is 3.25 bits per heavy atom. The largest absolute Gasteiger partial charge is 0.369 e. The average molecular weight is 237 g/mol. The number of nitrogens with one attached hydrogen (secondary N) is 1. The summed E-state index contributed by atoms with van der Waals surface area (Å²) < 4.78 is 0. The minimum atomic E-state index is 0.918. The van der Waals surface area contributed by atoms with Gasteiger partial charge in [0.1, 0.15) is 0 Å². The molecule has 0 amide bonds. The van der Waals surface area contributed by atoms with Crippen LogP contribution in [-0.4, -0.2) is 36.6 Å². The second-order valence-corrected chi connectivity index (χ2v) is 5.21. The molecule has 0 aromatic carbocycles. The van der Waals surface area contributed by atoms with E-state index in [1.165, 1.54) is 29.2 Å². The normalized spacial score (nSPS) is 17.2. The van der Waals surface area contributed by atoms with E-state index in [9.17, 15) is 0 Å². The SMILES string of the molecule is CNCc1ccncc1N1CCCSCC1. The summed E-state index contributed by atoms with van der Waals surface area (Å²) in [5.74, 6) is 2.52. The zero-order valence-electron chi connectivity index (χ0n) is 9.78. The molecular formula is C12H19N3S. The lowest BCUT2D eigenvalue weighted by Crippen LogP contribution is -2.27. The maximum atomic E-state index is 4.26. The Morgan fingerprint density at radius 2 is 2.38 bits per heavy atom. The fourth-order valence-corrected chi connectivity index (χ4v) is 2.91. The highest BCUT2D eigenvalue weighted by Crippen LogP contribution is 2.22. The van der Waals surface area contributed by atoms with Crippen molar-refractivity contribution >= 4 is 17.4 Å². The zero-order valence-corrected chi connectivity index (χ0v) is 10.6. The summed E-state index contributed by atoms with van der Waals surface area (Å²) in [6.45, 7) is 3.23. The lowest BCUT2D eigenvalue weighted by Gasteiger charge is -2.24. The topological polar surface area (TPSA) is 28.2 Å². The molecule has 0 saturated carbocycles. The third-order valence-corrected chi connectivity index (χ3v) is 3.87. The molecule has 1 aromatic heterocycles. The second-order valence-electron chi connectivity index (χ2n) is 3.99. The predicted molar refractivity (Wildman–Crippen MR) is 71.2 cm³/mol. The molecule has 3 nitrogen and oxygen atoms in total. The van der Waals surface area contributed by atoms with Crippen molar-refractivity contribution < 1.29 is 0 Å². The smallest absolute Gasteiger partial charge is 0.0598 e. The van der Waals surface area contributed by atoms with Gasteiger partial charge in [-0.2, -0.15) is 11.8 Å². The molecule has 0 unspecified atom stereocenters. The van der Waals surface area contributed by atoms with E-state index in [2.05, 4.69) is 33.0 Å². The first kappa shape index (κ1) is 11.7. The van der Waals surface area contributed by atoms with Gasteiger partial charge in [0.25, 0.3) is 0 Å². The van der Waals surface area contributed by atoms with Crippen molar-refractivity contribution in [2.45, 2.75) is 13.0 Å². The highest BCUT2D eigenvalue weighted by molar-refractivity contribution is 7.99.